The van der Waals surface area contributed by atoms with E-state index in [2.05, 4.69) is 23.3 Å². The molecular weight excluding hydrogens is 262 g/mol. The first-order chi connectivity index (χ1) is 10.3. The van der Waals surface area contributed by atoms with Gasteiger partial charge in [-0.2, -0.15) is 0 Å². The van der Waals surface area contributed by atoms with Crippen molar-refractivity contribution >= 4 is 16.7 Å². The molecule has 0 saturated carbocycles. The monoisotopic (exact) mass is 279 g/mol. The Labute approximate surface area is 123 Å². The Morgan fingerprint density at radius 3 is 2.71 bits per heavy atom. The van der Waals surface area contributed by atoms with Crippen molar-refractivity contribution in [3.8, 4) is 0 Å². The van der Waals surface area contributed by atoms with Crippen molar-refractivity contribution in [2.45, 2.75) is 13.5 Å². The van der Waals surface area contributed by atoms with Crippen molar-refractivity contribution in [3.63, 3.8) is 0 Å². The summed E-state index contributed by atoms with van der Waals surface area (Å²) in [4.78, 5) is 16.2. The summed E-state index contributed by atoms with van der Waals surface area (Å²) in [6.07, 6.45) is 1.39. The van der Waals surface area contributed by atoms with Crippen molar-refractivity contribution in [2.75, 3.05) is 11.9 Å². The standard InChI is InChI=1S/C17H17N3O/c1-13-6-2-3-7-14(13)18-10-11-20-16-9-5-4-8-15(16)19-12-17(20)21/h2-9,12,18H,10-11H2,1H3. The van der Waals surface area contributed by atoms with Gasteiger partial charge >= 0.3 is 0 Å². The quantitative estimate of drug-likeness (QED) is 0.799. The Morgan fingerprint density at radius 1 is 1.10 bits per heavy atom. The van der Waals surface area contributed by atoms with Crippen LogP contribution in [-0.4, -0.2) is 16.1 Å². The predicted octanol–water partition coefficient (Wildman–Crippen LogP) is 2.82. The third kappa shape index (κ3) is 2.79. The fraction of sp³-hybridized carbons (Fsp3) is 0.176. The minimum absolute atomic E-state index is 0.0692. The lowest BCUT2D eigenvalue weighted by Crippen LogP contribution is -2.24. The number of rotatable bonds is 4. The van der Waals surface area contributed by atoms with Crippen molar-refractivity contribution in [1.82, 2.24) is 9.55 Å². The van der Waals surface area contributed by atoms with E-state index in [1.54, 1.807) is 4.57 Å². The van der Waals surface area contributed by atoms with Crippen LogP contribution in [0.1, 0.15) is 5.56 Å². The molecule has 1 N–H and O–H groups in total. The van der Waals surface area contributed by atoms with Gasteiger partial charge in [0.2, 0.25) is 0 Å². The highest BCUT2D eigenvalue weighted by Crippen LogP contribution is 2.13. The molecule has 4 heteroatoms. The van der Waals surface area contributed by atoms with Gasteiger partial charge in [0, 0.05) is 18.8 Å². The van der Waals surface area contributed by atoms with Crippen LogP contribution in [0.3, 0.4) is 0 Å². The van der Waals surface area contributed by atoms with Crippen LogP contribution >= 0.6 is 0 Å². The summed E-state index contributed by atoms with van der Waals surface area (Å²) in [5.74, 6) is 0. The van der Waals surface area contributed by atoms with Crippen molar-refractivity contribution in [1.29, 1.82) is 0 Å². The molecule has 0 spiro atoms. The molecule has 106 valence electrons. The second-order valence-electron chi connectivity index (χ2n) is 4.98. The van der Waals surface area contributed by atoms with Gasteiger partial charge in [0.15, 0.2) is 0 Å². The molecule has 0 aliphatic heterocycles. The average molecular weight is 279 g/mol. The number of hydrogen-bond donors (Lipinski definition) is 1. The summed E-state index contributed by atoms with van der Waals surface area (Å²) in [6.45, 7) is 3.37. The minimum Gasteiger partial charge on any atom is -0.383 e. The van der Waals surface area contributed by atoms with Gasteiger partial charge in [-0.3, -0.25) is 4.79 Å². The van der Waals surface area contributed by atoms with Gasteiger partial charge < -0.3 is 9.88 Å². The summed E-state index contributed by atoms with van der Waals surface area (Å²) in [6, 6.07) is 15.8. The molecule has 2 aromatic carbocycles. The van der Waals surface area contributed by atoms with Gasteiger partial charge in [0.05, 0.1) is 17.2 Å². The minimum atomic E-state index is -0.0692. The predicted molar refractivity (Wildman–Crippen MR) is 85.7 cm³/mol. The molecule has 0 aliphatic carbocycles. The lowest BCUT2D eigenvalue weighted by atomic mass is 10.2. The average Bonchev–Trinajstić information content (AvgIpc) is 2.51. The highest BCUT2D eigenvalue weighted by atomic mass is 16.1. The maximum atomic E-state index is 12.0. The SMILES string of the molecule is Cc1ccccc1NCCn1c(=O)cnc2ccccc21. The zero-order valence-electron chi connectivity index (χ0n) is 11.9. The normalized spacial score (nSPS) is 10.7. The van der Waals surface area contributed by atoms with Crippen molar-refractivity contribution < 1.29 is 0 Å². The van der Waals surface area contributed by atoms with Crippen LogP contribution < -0.4 is 10.9 Å². The highest BCUT2D eigenvalue weighted by molar-refractivity contribution is 5.74. The second-order valence-corrected chi connectivity index (χ2v) is 4.98. The Kier molecular flexibility index (Phi) is 3.69. The first-order valence-corrected chi connectivity index (χ1v) is 7.00. The summed E-state index contributed by atoms with van der Waals surface area (Å²) in [7, 11) is 0. The molecule has 1 aromatic heterocycles. The number of hydrogen-bond acceptors (Lipinski definition) is 3. The van der Waals surface area contributed by atoms with Crippen LogP contribution in [-0.2, 0) is 6.54 Å². The molecule has 1 heterocycles. The Balaban J connectivity index is 1.81. The van der Waals surface area contributed by atoms with E-state index in [9.17, 15) is 4.79 Å². The summed E-state index contributed by atoms with van der Waals surface area (Å²) in [5, 5.41) is 3.37. The molecule has 3 rings (SSSR count). The van der Waals surface area contributed by atoms with E-state index in [0.29, 0.717) is 13.1 Å². The lowest BCUT2D eigenvalue weighted by Gasteiger charge is -2.12. The molecule has 0 aliphatic rings. The van der Waals surface area contributed by atoms with E-state index >= 15 is 0 Å². The number of fused-ring (bicyclic) bond motifs is 1. The molecule has 3 aromatic rings. The summed E-state index contributed by atoms with van der Waals surface area (Å²) in [5.41, 5.74) is 3.94. The van der Waals surface area contributed by atoms with E-state index in [1.165, 1.54) is 11.8 Å². The molecule has 0 fully saturated rings. The van der Waals surface area contributed by atoms with Crippen LogP contribution in [0.25, 0.3) is 11.0 Å². The number of para-hydroxylation sites is 3. The van der Waals surface area contributed by atoms with Crippen LogP contribution in [0.15, 0.2) is 59.5 Å². The maximum Gasteiger partial charge on any atom is 0.269 e. The largest absolute Gasteiger partial charge is 0.383 e. The first kappa shape index (κ1) is 13.4. The van der Waals surface area contributed by atoms with Gasteiger partial charge in [-0.15, -0.1) is 0 Å². The number of nitrogens with zero attached hydrogens (tertiary/aromatic N) is 2. The summed E-state index contributed by atoms with van der Waals surface area (Å²) >= 11 is 0. The van der Waals surface area contributed by atoms with Gasteiger partial charge in [-0.25, -0.2) is 4.98 Å². The fourth-order valence-corrected chi connectivity index (χ4v) is 2.42. The molecule has 4 nitrogen and oxygen atoms in total. The van der Waals surface area contributed by atoms with Gasteiger partial charge in [-0.05, 0) is 30.7 Å². The van der Waals surface area contributed by atoms with E-state index in [1.807, 2.05) is 42.5 Å². The van der Waals surface area contributed by atoms with Gasteiger partial charge in [-0.1, -0.05) is 30.3 Å². The smallest absolute Gasteiger partial charge is 0.269 e. The van der Waals surface area contributed by atoms with E-state index in [0.717, 1.165) is 16.7 Å². The zero-order valence-corrected chi connectivity index (χ0v) is 11.9. The van der Waals surface area contributed by atoms with Crippen LogP contribution in [0.2, 0.25) is 0 Å². The number of anilines is 1. The molecule has 0 unspecified atom stereocenters. The van der Waals surface area contributed by atoms with Crippen LogP contribution in [0.5, 0.6) is 0 Å². The van der Waals surface area contributed by atoms with Crippen molar-refractivity contribution in [2.24, 2.45) is 0 Å². The van der Waals surface area contributed by atoms with E-state index in [-0.39, 0.29) is 5.56 Å². The number of benzene rings is 2. The molecule has 0 atom stereocenters. The third-order valence-corrected chi connectivity index (χ3v) is 3.55. The summed E-state index contributed by atoms with van der Waals surface area (Å²) < 4.78 is 1.76. The number of nitrogens with one attached hydrogen (secondary N) is 1. The molecule has 21 heavy (non-hydrogen) atoms. The Morgan fingerprint density at radius 2 is 1.86 bits per heavy atom. The fourth-order valence-electron chi connectivity index (χ4n) is 2.42. The van der Waals surface area contributed by atoms with Gasteiger partial charge in [0.1, 0.15) is 0 Å². The van der Waals surface area contributed by atoms with E-state index in [4.69, 9.17) is 0 Å². The topological polar surface area (TPSA) is 46.9 Å². The maximum absolute atomic E-state index is 12.0. The zero-order chi connectivity index (χ0) is 14.7. The first-order valence-electron chi connectivity index (χ1n) is 7.00. The second kappa shape index (κ2) is 5.79. The third-order valence-electron chi connectivity index (χ3n) is 3.55. The molecule has 0 saturated heterocycles. The highest BCUT2D eigenvalue weighted by Gasteiger charge is 2.03. The Bertz CT molecular complexity index is 823. The van der Waals surface area contributed by atoms with E-state index < -0.39 is 0 Å². The lowest BCUT2D eigenvalue weighted by molar-refractivity contribution is 0.720. The van der Waals surface area contributed by atoms with Crippen molar-refractivity contribution in [3.05, 3.63) is 70.6 Å². The Hall–Kier alpha value is -2.62. The molecule has 0 radical (unpaired) electrons. The molecule has 0 bridgehead atoms. The molecule has 0 amide bonds. The van der Waals surface area contributed by atoms with Gasteiger partial charge in [0.25, 0.3) is 5.56 Å². The number of aryl methyl sites for hydroxylation is 1. The number of aromatic nitrogens is 2. The van der Waals surface area contributed by atoms with Crippen LogP contribution in [0, 0.1) is 6.92 Å². The van der Waals surface area contributed by atoms with Crippen LogP contribution in [0.4, 0.5) is 5.69 Å². The molecular formula is C17H17N3O.